The Kier molecular flexibility index (Phi) is 4.27. The number of nitrogens with one attached hydrogen (secondary N) is 1. The Morgan fingerprint density at radius 3 is 2.83 bits per heavy atom. The van der Waals surface area contributed by atoms with Crippen molar-refractivity contribution in [3.63, 3.8) is 0 Å². The van der Waals surface area contributed by atoms with E-state index < -0.39 is 5.82 Å². The second kappa shape index (κ2) is 6.07. The van der Waals surface area contributed by atoms with Crippen LogP contribution in [-0.2, 0) is 0 Å². The third-order valence-electron chi connectivity index (χ3n) is 3.54. The summed E-state index contributed by atoms with van der Waals surface area (Å²) in [6.45, 7) is 3.80. The van der Waals surface area contributed by atoms with Crippen molar-refractivity contribution in [2.24, 2.45) is 0 Å². The highest BCUT2D eigenvalue weighted by atomic mass is 35.5. The van der Waals surface area contributed by atoms with E-state index in [-0.39, 0.29) is 27.0 Å². The molecule has 23 heavy (non-hydrogen) atoms. The molecule has 2 heterocycles. The molecule has 0 saturated heterocycles. The van der Waals surface area contributed by atoms with Gasteiger partial charge in [0.25, 0.3) is 5.56 Å². The van der Waals surface area contributed by atoms with Crippen LogP contribution < -0.4 is 5.56 Å². The number of aryl methyl sites for hydroxylation is 2. The first-order valence-corrected chi connectivity index (χ1v) is 8.27. The summed E-state index contributed by atoms with van der Waals surface area (Å²) in [5.41, 5.74) is 0.793. The van der Waals surface area contributed by atoms with Crippen molar-refractivity contribution in [2.45, 2.75) is 13.8 Å². The molecule has 0 atom stereocenters. The van der Waals surface area contributed by atoms with Crippen LogP contribution in [0.25, 0.3) is 21.3 Å². The van der Waals surface area contributed by atoms with Crippen molar-refractivity contribution in [1.82, 2.24) is 9.97 Å². The van der Waals surface area contributed by atoms with Crippen LogP contribution in [0.2, 0.25) is 5.02 Å². The SMILES string of the molecule is Cc1sc2nc(/C(Cl)=C/c3c(F)cccc3Cl)[nH]c(=O)c2c1C. The Balaban J connectivity index is 2.17. The van der Waals surface area contributed by atoms with Gasteiger partial charge in [0.2, 0.25) is 0 Å². The Hall–Kier alpha value is -1.69. The van der Waals surface area contributed by atoms with Crippen molar-refractivity contribution in [3.8, 4) is 0 Å². The average molecular weight is 369 g/mol. The molecule has 3 nitrogen and oxygen atoms in total. The molecule has 0 unspecified atom stereocenters. The number of hydrogen-bond acceptors (Lipinski definition) is 3. The minimum absolute atomic E-state index is 0.111. The van der Waals surface area contributed by atoms with E-state index in [4.69, 9.17) is 23.2 Å². The molecule has 0 saturated carbocycles. The molecule has 0 aliphatic carbocycles. The predicted octanol–water partition coefficient (Wildman–Crippen LogP) is 5.13. The van der Waals surface area contributed by atoms with Crippen LogP contribution in [0.3, 0.4) is 0 Å². The number of rotatable bonds is 2. The fourth-order valence-electron chi connectivity index (χ4n) is 2.21. The molecule has 0 aliphatic heterocycles. The Morgan fingerprint density at radius 2 is 2.13 bits per heavy atom. The molecule has 1 aromatic carbocycles. The van der Waals surface area contributed by atoms with Crippen molar-refractivity contribution in [3.05, 3.63) is 61.2 Å². The van der Waals surface area contributed by atoms with Gasteiger partial charge >= 0.3 is 0 Å². The number of hydrogen-bond donors (Lipinski definition) is 1. The average Bonchev–Trinajstić information content (AvgIpc) is 2.78. The minimum atomic E-state index is -0.498. The smallest absolute Gasteiger partial charge is 0.260 e. The maximum atomic E-state index is 13.8. The predicted molar refractivity (Wildman–Crippen MR) is 94.8 cm³/mol. The summed E-state index contributed by atoms with van der Waals surface area (Å²) >= 11 is 13.6. The van der Waals surface area contributed by atoms with Gasteiger partial charge in [-0.25, -0.2) is 9.37 Å². The first-order chi connectivity index (χ1) is 10.9. The van der Waals surface area contributed by atoms with E-state index in [0.29, 0.717) is 10.2 Å². The third kappa shape index (κ3) is 2.92. The number of H-pyrrole nitrogens is 1. The first-order valence-electron chi connectivity index (χ1n) is 6.70. The van der Waals surface area contributed by atoms with Crippen molar-refractivity contribution in [1.29, 1.82) is 0 Å². The van der Waals surface area contributed by atoms with Gasteiger partial charge in [0.15, 0.2) is 5.82 Å². The second-order valence-corrected chi connectivity index (χ2v) is 7.02. The lowest BCUT2D eigenvalue weighted by atomic mass is 10.2. The molecule has 0 amide bonds. The van der Waals surface area contributed by atoms with E-state index >= 15 is 0 Å². The van der Waals surface area contributed by atoms with Crippen LogP contribution in [0.5, 0.6) is 0 Å². The monoisotopic (exact) mass is 368 g/mol. The van der Waals surface area contributed by atoms with Gasteiger partial charge < -0.3 is 4.98 Å². The molecule has 0 fully saturated rings. The van der Waals surface area contributed by atoms with Gasteiger partial charge in [0.1, 0.15) is 10.6 Å². The summed E-state index contributed by atoms with van der Waals surface area (Å²) in [7, 11) is 0. The number of aromatic amines is 1. The lowest BCUT2D eigenvalue weighted by Crippen LogP contribution is -2.10. The summed E-state index contributed by atoms with van der Waals surface area (Å²) in [5, 5.41) is 0.902. The standard InChI is InChI=1S/C16H11Cl2FN2OS/c1-7-8(2)23-16-13(7)15(22)20-14(21-16)11(18)6-9-10(17)4-3-5-12(9)19/h3-6H,1-2H3,(H,20,21,22)/b11-6-. The lowest BCUT2D eigenvalue weighted by Gasteiger charge is -2.03. The summed E-state index contributed by atoms with van der Waals surface area (Å²) in [5.74, 6) is -0.313. The number of benzene rings is 1. The number of fused-ring (bicyclic) bond motifs is 1. The summed E-state index contributed by atoms with van der Waals surface area (Å²) in [4.78, 5) is 20.9. The molecule has 3 rings (SSSR count). The topological polar surface area (TPSA) is 45.8 Å². The van der Waals surface area contributed by atoms with Gasteiger partial charge in [-0.3, -0.25) is 4.79 Å². The Bertz CT molecular complexity index is 987. The van der Waals surface area contributed by atoms with Gasteiger partial charge in [-0.2, -0.15) is 0 Å². The number of thiophene rings is 1. The molecule has 0 radical (unpaired) electrons. The molecule has 7 heteroatoms. The van der Waals surface area contributed by atoms with E-state index in [1.54, 1.807) is 6.07 Å². The normalized spacial score (nSPS) is 12.1. The van der Waals surface area contributed by atoms with Gasteiger partial charge in [0, 0.05) is 10.4 Å². The van der Waals surface area contributed by atoms with Crippen molar-refractivity contribution in [2.75, 3.05) is 0 Å². The fraction of sp³-hybridized carbons (Fsp3) is 0.125. The maximum Gasteiger partial charge on any atom is 0.260 e. The number of aromatic nitrogens is 2. The molecular formula is C16H11Cl2FN2OS. The third-order valence-corrected chi connectivity index (χ3v) is 5.25. The van der Waals surface area contributed by atoms with Crippen LogP contribution in [0.4, 0.5) is 4.39 Å². The van der Waals surface area contributed by atoms with E-state index in [2.05, 4.69) is 9.97 Å². The van der Waals surface area contributed by atoms with Crippen LogP contribution in [0, 0.1) is 19.7 Å². The molecule has 1 N–H and O–H groups in total. The molecule has 0 spiro atoms. The highest BCUT2D eigenvalue weighted by molar-refractivity contribution is 7.18. The number of nitrogens with zero attached hydrogens (tertiary/aromatic N) is 1. The molecular weight excluding hydrogens is 358 g/mol. The van der Waals surface area contributed by atoms with Gasteiger partial charge in [0.05, 0.1) is 15.4 Å². The van der Waals surface area contributed by atoms with E-state index in [1.165, 1.54) is 29.5 Å². The highest BCUT2D eigenvalue weighted by Crippen LogP contribution is 2.29. The van der Waals surface area contributed by atoms with Crippen LogP contribution in [-0.4, -0.2) is 9.97 Å². The summed E-state index contributed by atoms with van der Waals surface area (Å²) < 4.78 is 13.8. The molecule has 118 valence electrons. The van der Waals surface area contributed by atoms with Gasteiger partial charge in [-0.05, 0) is 37.6 Å². The van der Waals surface area contributed by atoms with Gasteiger partial charge in [-0.1, -0.05) is 29.3 Å². The van der Waals surface area contributed by atoms with Crippen molar-refractivity contribution < 1.29 is 4.39 Å². The number of halogens is 3. The summed E-state index contributed by atoms with van der Waals surface area (Å²) in [6, 6.07) is 4.35. The lowest BCUT2D eigenvalue weighted by molar-refractivity contribution is 0.625. The quantitative estimate of drug-likeness (QED) is 0.681. The molecule has 3 aromatic rings. The van der Waals surface area contributed by atoms with E-state index in [9.17, 15) is 9.18 Å². The molecule has 0 bridgehead atoms. The minimum Gasteiger partial charge on any atom is -0.305 e. The van der Waals surface area contributed by atoms with Gasteiger partial charge in [-0.15, -0.1) is 11.3 Å². The first kappa shape index (κ1) is 16.2. The molecule has 2 aromatic heterocycles. The second-order valence-electron chi connectivity index (χ2n) is 5.01. The zero-order chi connectivity index (χ0) is 16.7. The van der Waals surface area contributed by atoms with Crippen LogP contribution >= 0.6 is 34.5 Å². The zero-order valence-corrected chi connectivity index (χ0v) is 14.5. The summed E-state index contributed by atoms with van der Waals surface area (Å²) in [6.07, 6.45) is 1.36. The molecule has 0 aliphatic rings. The van der Waals surface area contributed by atoms with Crippen LogP contribution in [0.1, 0.15) is 21.8 Å². The highest BCUT2D eigenvalue weighted by Gasteiger charge is 2.14. The fourth-order valence-corrected chi connectivity index (χ4v) is 3.66. The van der Waals surface area contributed by atoms with E-state index in [1.807, 2.05) is 13.8 Å². The maximum absolute atomic E-state index is 13.8. The van der Waals surface area contributed by atoms with Crippen LogP contribution in [0.15, 0.2) is 23.0 Å². The largest absolute Gasteiger partial charge is 0.305 e. The zero-order valence-electron chi connectivity index (χ0n) is 12.2. The van der Waals surface area contributed by atoms with Crippen molar-refractivity contribution >= 4 is 55.9 Å². The Labute approximate surface area is 145 Å². The Morgan fingerprint density at radius 1 is 1.39 bits per heavy atom. The van der Waals surface area contributed by atoms with E-state index in [0.717, 1.165) is 10.4 Å².